The van der Waals surface area contributed by atoms with Gasteiger partial charge in [-0.1, -0.05) is 41.9 Å². The lowest BCUT2D eigenvalue weighted by atomic mass is 10.1. The number of carbonyl (C=O) groups is 1. The second-order valence-electron chi connectivity index (χ2n) is 6.04. The average molecular weight is 409 g/mol. The Hall–Kier alpha value is -3.00. The first-order chi connectivity index (χ1) is 13.2. The topological polar surface area (TPSA) is 59.0 Å². The van der Waals surface area contributed by atoms with E-state index in [1.165, 1.54) is 0 Å². The molecule has 9 heteroatoms. The summed E-state index contributed by atoms with van der Waals surface area (Å²) in [5, 5.41) is 9.66. The molecule has 0 aliphatic rings. The predicted octanol–water partition coefficient (Wildman–Crippen LogP) is 4.88. The van der Waals surface area contributed by atoms with Crippen LogP contribution < -0.4 is 10.6 Å². The van der Waals surface area contributed by atoms with Crippen molar-refractivity contribution in [1.29, 1.82) is 0 Å². The molecule has 0 aliphatic heterocycles. The Morgan fingerprint density at radius 3 is 2.46 bits per heavy atom. The smallest absolute Gasteiger partial charge is 0.353 e. The minimum atomic E-state index is -4.55. The van der Waals surface area contributed by atoms with Crippen molar-refractivity contribution in [3.05, 3.63) is 76.9 Å². The Labute approximate surface area is 164 Å². The summed E-state index contributed by atoms with van der Waals surface area (Å²) in [4.78, 5) is 12.9. The van der Waals surface area contributed by atoms with Gasteiger partial charge in [0, 0.05) is 19.3 Å². The zero-order valence-corrected chi connectivity index (χ0v) is 15.4. The van der Waals surface area contributed by atoms with Crippen LogP contribution in [0.3, 0.4) is 0 Å². The molecule has 3 rings (SSSR count). The number of hydrogen-bond donors (Lipinski definition) is 2. The van der Waals surface area contributed by atoms with Crippen LogP contribution in [0.15, 0.2) is 60.8 Å². The van der Waals surface area contributed by atoms with Crippen molar-refractivity contribution in [2.45, 2.75) is 12.2 Å². The van der Waals surface area contributed by atoms with E-state index in [0.29, 0.717) is 11.4 Å². The monoisotopic (exact) mass is 408 g/mol. The molecule has 1 heterocycles. The highest BCUT2D eigenvalue weighted by Gasteiger charge is 2.31. The van der Waals surface area contributed by atoms with Gasteiger partial charge in [-0.05, 0) is 23.8 Å². The molecule has 1 unspecified atom stereocenters. The largest absolute Gasteiger partial charge is 0.416 e. The number of amides is 1. The lowest BCUT2D eigenvalue weighted by Crippen LogP contribution is -2.27. The molecule has 2 aromatic carbocycles. The first-order valence-corrected chi connectivity index (χ1v) is 8.60. The second kappa shape index (κ2) is 7.93. The van der Waals surface area contributed by atoms with Gasteiger partial charge < -0.3 is 10.6 Å². The number of aryl methyl sites for hydroxylation is 1. The van der Waals surface area contributed by atoms with Crippen LogP contribution >= 0.6 is 11.6 Å². The van der Waals surface area contributed by atoms with Crippen LogP contribution in [0.25, 0.3) is 0 Å². The number of nitrogens with zero attached hydrogens (tertiary/aromatic N) is 2. The Balaban J connectivity index is 1.90. The van der Waals surface area contributed by atoms with Crippen molar-refractivity contribution in [3.8, 4) is 0 Å². The molecule has 2 N–H and O–H groups in total. The zero-order valence-electron chi connectivity index (χ0n) is 14.7. The Kier molecular flexibility index (Phi) is 5.60. The number of benzene rings is 2. The van der Waals surface area contributed by atoms with Crippen molar-refractivity contribution in [3.63, 3.8) is 0 Å². The standard InChI is InChI=1S/C19H16ClF3N4O/c1-27-10-9-16(26-27)25-17(12-5-3-2-4-6-12)18(28)24-15-11-13(19(21,22)23)7-8-14(15)20/h2-11,17H,1H3,(H,24,28)(H,25,26). The van der Waals surface area contributed by atoms with Crippen molar-refractivity contribution < 1.29 is 18.0 Å². The van der Waals surface area contributed by atoms with Crippen LogP contribution in [0.2, 0.25) is 5.02 Å². The number of hydrogen-bond acceptors (Lipinski definition) is 3. The molecule has 0 spiro atoms. The van der Waals surface area contributed by atoms with E-state index < -0.39 is 23.7 Å². The maximum Gasteiger partial charge on any atom is 0.416 e. The molecule has 0 saturated heterocycles. The summed E-state index contributed by atoms with van der Waals surface area (Å²) in [6.45, 7) is 0. The number of halogens is 4. The van der Waals surface area contributed by atoms with E-state index in [9.17, 15) is 18.0 Å². The number of anilines is 2. The summed E-state index contributed by atoms with van der Waals surface area (Å²) >= 11 is 5.99. The maximum atomic E-state index is 13.0. The van der Waals surface area contributed by atoms with Crippen molar-refractivity contribution in [1.82, 2.24) is 9.78 Å². The van der Waals surface area contributed by atoms with Gasteiger partial charge in [0.15, 0.2) is 0 Å². The van der Waals surface area contributed by atoms with Gasteiger partial charge in [0.25, 0.3) is 5.91 Å². The zero-order chi connectivity index (χ0) is 20.3. The highest BCUT2D eigenvalue weighted by atomic mass is 35.5. The molecule has 0 fully saturated rings. The molecule has 28 heavy (non-hydrogen) atoms. The van der Waals surface area contributed by atoms with Crippen LogP contribution in [0.4, 0.5) is 24.7 Å². The number of carbonyl (C=O) groups excluding carboxylic acids is 1. The SMILES string of the molecule is Cn1ccc(NC(C(=O)Nc2cc(C(F)(F)F)ccc2Cl)c2ccccc2)n1. The van der Waals surface area contributed by atoms with E-state index in [-0.39, 0.29) is 10.7 Å². The van der Waals surface area contributed by atoms with E-state index in [1.54, 1.807) is 54.3 Å². The molecule has 0 bridgehead atoms. The van der Waals surface area contributed by atoms with Crippen LogP contribution in [0.5, 0.6) is 0 Å². The summed E-state index contributed by atoms with van der Waals surface area (Å²) in [6, 6.07) is 12.3. The normalized spacial score (nSPS) is 12.5. The molecular formula is C19H16ClF3N4O. The maximum absolute atomic E-state index is 13.0. The fourth-order valence-corrected chi connectivity index (χ4v) is 2.75. The van der Waals surface area contributed by atoms with E-state index in [2.05, 4.69) is 15.7 Å². The van der Waals surface area contributed by atoms with Gasteiger partial charge >= 0.3 is 6.18 Å². The van der Waals surface area contributed by atoms with Crippen LogP contribution in [0.1, 0.15) is 17.2 Å². The number of alkyl halides is 3. The Bertz CT molecular complexity index is 973. The fraction of sp³-hybridized carbons (Fsp3) is 0.158. The van der Waals surface area contributed by atoms with E-state index in [0.717, 1.165) is 18.2 Å². The molecule has 0 aliphatic carbocycles. The highest BCUT2D eigenvalue weighted by Crippen LogP contribution is 2.34. The van der Waals surface area contributed by atoms with Crippen LogP contribution in [-0.4, -0.2) is 15.7 Å². The molecule has 5 nitrogen and oxygen atoms in total. The van der Waals surface area contributed by atoms with E-state index in [4.69, 9.17) is 11.6 Å². The van der Waals surface area contributed by atoms with Crippen molar-refractivity contribution in [2.75, 3.05) is 10.6 Å². The molecule has 146 valence electrons. The first-order valence-electron chi connectivity index (χ1n) is 8.23. The molecule has 1 aromatic heterocycles. The minimum absolute atomic E-state index is 0.00555. The van der Waals surface area contributed by atoms with Gasteiger partial charge in [0.2, 0.25) is 0 Å². The van der Waals surface area contributed by atoms with Crippen LogP contribution in [-0.2, 0) is 18.0 Å². The molecule has 1 amide bonds. The number of nitrogens with one attached hydrogen (secondary N) is 2. The highest BCUT2D eigenvalue weighted by molar-refractivity contribution is 6.33. The van der Waals surface area contributed by atoms with Gasteiger partial charge in [-0.15, -0.1) is 0 Å². The quantitative estimate of drug-likeness (QED) is 0.632. The fourth-order valence-electron chi connectivity index (χ4n) is 2.59. The van der Waals surface area contributed by atoms with Gasteiger partial charge in [0.1, 0.15) is 11.9 Å². The summed E-state index contributed by atoms with van der Waals surface area (Å²) < 4.78 is 40.5. The third-order valence-corrected chi connectivity index (χ3v) is 4.28. The summed E-state index contributed by atoms with van der Waals surface area (Å²) in [7, 11) is 1.73. The third kappa shape index (κ3) is 4.64. The minimum Gasteiger partial charge on any atom is -0.353 e. The molecule has 1 atom stereocenters. The van der Waals surface area contributed by atoms with E-state index >= 15 is 0 Å². The third-order valence-electron chi connectivity index (χ3n) is 3.95. The molecule has 0 radical (unpaired) electrons. The van der Waals surface area contributed by atoms with Gasteiger partial charge in [-0.25, -0.2) is 0 Å². The summed E-state index contributed by atoms with van der Waals surface area (Å²) in [6.07, 6.45) is -2.85. The second-order valence-corrected chi connectivity index (χ2v) is 6.45. The van der Waals surface area contributed by atoms with Gasteiger partial charge in [-0.3, -0.25) is 9.48 Å². The Morgan fingerprint density at radius 1 is 1.14 bits per heavy atom. The lowest BCUT2D eigenvalue weighted by Gasteiger charge is -2.19. The van der Waals surface area contributed by atoms with Crippen LogP contribution in [0, 0.1) is 0 Å². The molecular weight excluding hydrogens is 393 g/mol. The van der Waals surface area contributed by atoms with Crippen molar-refractivity contribution in [2.24, 2.45) is 7.05 Å². The van der Waals surface area contributed by atoms with Gasteiger partial charge in [-0.2, -0.15) is 18.3 Å². The molecule has 0 saturated carbocycles. The van der Waals surface area contributed by atoms with E-state index in [1.807, 2.05) is 0 Å². The predicted molar refractivity (Wildman–Crippen MR) is 101 cm³/mol. The number of rotatable bonds is 5. The molecule has 3 aromatic rings. The summed E-state index contributed by atoms with van der Waals surface area (Å²) in [5.41, 5.74) is -0.403. The first kappa shape index (κ1) is 19.8. The van der Waals surface area contributed by atoms with Crippen molar-refractivity contribution >= 4 is 29.0 Å². The summed E-state index contributed by atoms with van der Waals surface area (Å²) in [5.74, 6) is -0.125. The average Bonchev–Trinajstić information content (AvgIpc) is 3.06. The number of aromatic nitrogens is 2. The lowest BCUT2D eigenvalue weighted by molar-refractivity contribution is -0.137. The Morgan fingerprint density at radius 2 is 1.86 bits per heavy atom. The van der Waals surface area contributed by atoms with Gasteiger partial charge in [0.05, 0.1) is 16.3 Å².